The highest BCUT2D eigenvalue weighted by molar-refractivity contribution is 5.97. The van der Waals surface area contributed by atoms with Crippen LogP contribution in [0.5, 0.6) is 0 Å². The number of carbonyl (C=O) groups excluding carboxylic acids is 9. The minimum Gasteiger partial charge on any atom is -0.481 e. The Labute approximate surface area is 415 Å². The lowest BCUT2D eigenvalue weighted by Gasteiger charge is -2.28. The minimum absolute atomic E-state index is 0.00416. The summed E-state index contributed by atoms with van der Waals surface area (Å²) in [6, 6.07) is -5.14. The summed E-state index contributed by atoms with van der Waals surface area (Å²) in [5.74, 6) is -11.4. The van der Waals surface area contributed by atoms with Gasteiger partial charge in [0.2, 0.25) is 53.2 Å². The second-order valence-corrected chi connectivity index (χ2v) is 16.9. The van der Waals surface area contributed by atoms with Gasteiger partial charge in [0.05, 0.1) is 0 Å². The summed E-state index contributed by atoms with van der Waals surface area (Å²) in [4.78, 5) is 149. The van der Waals surface area contributed by atoms with Gasteiger partial charge in [-0.3, -0.25) is 62.7 Å². The number of amides is 9. The molecule has 0 bridgehead atoms. The summed E-state index contributed by atoms with van der Waals surface area (Å²) in [6.45, 7) is 6.04. The van der Waals surface area contributed by atoms with Gasteiger partial charge in [-0.2, -0.15) is 0 Å². The van der Waals surface area contributed by atoms with E-state index >= 15 is 0 Å². The molecule has 0 spiro atoms. The minimum atomic E-state index is -1.67. The van der Waals surface area contributed by atoms with Gasteiger partial charge in [0.1, 0.15) is 42.8 Å². The number of benzene rings is 1. The second kappa shape index (κ2) is 31.9. The third-order valence-corrected chi connectivity index (χ3v) is 10.7. The molecule has 28 nitrogen and oxygen atoms in total. The first-order chi connectivity index (χ1) is 33.7. The molecule has 0 saturated heterocycles. The predicted octanol–water partition coefficient (Wildman–Crippen LogP) is -4.82. The molecule has 1 aromatic rings. The molecular formula is C44H71N15O13. The average Bonchev–Trinajstić information content (AvgIpc) is 3.27. The van der Waals surface area contributed by atoms with Crippen molar-refractivity contribution in [1.82, 2.24) is 37.2 Å². The van der Waals surface area contributed by atoms with Crippen molar-refractivity contribution in [3.05, 3.63) is 34.4 Å². The van der Waals surface area contributed by atoms with Crippen molar-refractivity contribution in [1.29, 1.82) is 0 Å². The molecule has 1 rings (SSSR count). The maximum Gasteiger partial charge on any atom is 0.322 e. The quantitative estimate of drug-likeness (QED) is 0.0175. The number of hydrogen-bond acceptors (Lipinski definition) is 13. The molecule has 0 aromatic heterocycles. The van der Waals surface area contributed by atoms with Crippen molar-refractivity contribution in [2.45, 2.75) is 141 Å². The number of aliphatic imine (C=N–C) groups is 2. The highest BCUT2D eigenvalue weighted by Gasteiger charge is 2.34. The first-order valence-corrected chi connectivity index (χ1v) is 22.9. The molecule has 28 heteroatoms. The van der Waals surface area contributed by atoms with E-state index < -0.39 is 140 Å². The van der Waals surface area contributed by atoms with Crippen molar-refractivity contribution in [2.75, 3.05) is 19.6 Å². The summed E-state index contributed by atoms with van der Waals surface area (Å²) in [6.07, 6.45) is -2.69. The van der Waals surface area contributed by atoms with E-state index in [1.54, 1.807) is 0 Å². The van der Waals surface area contributed by atoms with Crippen LogP contribution in [0.4, 0.5) is 0 Å². The third kappa shape index (κ3) is 25.5. The molecule has 0 saturated carbocycles. The van der Waals surface area contributed by atoms with E-state index in [4.69, 9.17) is 39.5 Å². The van der Waals surface area contributed by atoms with Crippen LogP contribution in [-0.4, -0.2) is 143 Å². The van der Waals surface area contributed by atoms with E-state index in [1.165, 1.54) is 0 Å². The van der Waals surface area contributed by atoms with E-state index in [2.05, 4.69) is 47.2 Å². The summed E-state index contributed by atoms with van der Waals surface area (Å²) >= 11 is 0. The van der Waals surface area contributed by atoms with E-state index in [0.29, 0.717) is 0 Å². The zero-order chi connectivity index (χ0) is 54.7. The summed E-state index contributed by atoms with van der Waals surface area (Å²) < 4.78 is 0. The van der Waals surface area contributed by atoms with Gasteiger partial charge >= 0.3 is 11.9 Å². The van der Waals surface area contributed by atoms with Gasteiger partial charge in [0, 0.05) is 39.3 Å². The molecular weight excluding hydrogens is 947 g/mol. The fourth-order valence-corrected chi connectivity index (χ4v) is 7.23. The van der Waals surface area contributed by atoms with Gasteiger partial charge in [0.15, 0.2) is 11.9 Å². The standard InChI is InChI=1S/C44H71N15O13/c1-22-19-23(2)26(24(3)20-22)9-10-30(57-42(72)32(13-16-35(63)64)59-39(69)29(54-25(4)60)12-15-34(62)53-21-36(65)66)40(70)58-31(11-14-33(45)61)41(71)56-28(8-6-18-52-44(49)50)38(68)55-27(37(46)67)7-5-17-51-43(47)48/h19-20,27-32H,5-18,21H2,1-4H3,(H2,45,61)(H2,46,67)(H,53,62)(H,54,60)(H,55,68)(H,56,71)(H,57,72)(H,58,70)(H,59,69)(H,63,64)(H,65,66)(H4,47,48,51)(H4,49,50,52). The van der Waals surface area contributed by atoms with Crippen molar-refractivity contribution >= 4 is 77.0 Å². The number of carbonyl (C=O) groups is 11. The van der Waals surface area contributed by atoms with Crippen LogP contribution in [0.2, 0.25) is 0 Å². The summed E-state index contributed by atoms with van der Waals surface area (Å²) in [7, 11) is 0. The Hall–Kier alpha value is -8.07. The largest absolute Gasteiger partial charge is 0.481 e. The topological polar surface area (TPSA) is 493 Å². The fourth-order valence-electron chi connectivity index (χ4n) is 7.23. The lowest BCUT2D eigenvalue weighted by atomic mass is 9.94. The molecule has 0 aliphatic heterocycles. The maximum absolute atomic E-state index is 14.4. The lowest BCUT2D eigenvalue weighted by molar-refractivity contribution is -0.138. The van der Waals surface area contributed by atoms with Crippen LogP contribution in [0.25, 0.3) is 0 Å². The Morgan fingerprint density at radius 2 is 0.903 bits per heavy atom. The average molecular weight is 1020 g/mol. The molecule has 0 aliphatic rings. The Morgan fingerprint density at radius 1 is 0.514 bits per heavy atom. The number of carboxylic acid groups (broad SMARTS) is 2. The Morgan fingerprint density at radius 3 is 1.31 bits per heavy atom. The molecule has 0 radical (unpaired) electrons. The van der Waals surface area contributed by atoms with Gasteiger partial charge in [0.25, 0.3) is 0 Å². The van der Waals surface area contributed by atoms with Crippen molar-refractivity contribution < 1.29 is 63.0 Å². The zero-order valence-corrected chi connectivity index (χ0v) is 41.0. The van der Waals surface area contributed by atoms with Gasteiger partial charge in [-0.05, 0) is 95.2 Å². The monoisotopic (exact) mass is 1020 g/mol. The normalized spacial score (nSPS) is 13.2. The van der Waals surface area contributed by atoms with Crippen molar-refractivity contribution in [3.63, 3.8) is 0 Å². The molecule has 9 amide bonds. The number of aryl methyl sites for hydroxylation is 3. The zero-order valence-electron chi connectivity index (χ0n) is 41.0. The SMILES string of the molecule is CC(=O)NC(CCC(=O)NCC(=O)O)C(=O)NC(CCC(=O)O)C(=O)NC(CCc1c(C)cc(C)cc1C)C(=O)NC(CCC(N)=O)C(=O)NC(CCCN=C(N)N)C(=O)NC(CCCN=C(N)N)C(N)=O. The lowest BCUT2D eigenvalue weighted by Crippen LogP contribution is -2.59. The van der Waals surface area contributed by atoms with Crippen LogP contribution in [0, 0.1) is 20.8 Å². The third-order valence-electron chi connectivity index (χ3n) is 10.7. The Bertz CT molecular complexity index is 2150. The molecule has 400 valence electrons. The van der Waals surface area contributed by atoms with Crippen molar-refractivity contribution in [2.24, 2.45) is 44.4 Å². The van der Waals surface area contributed by atoms with Crippen LogP contribution < -0.4 is 71.6 Å². The van der Waals surface area contributed by atoms with Gasteiger partial charge in [-0.15, -0.1) is 0 Å². The van der Waals surface area contributed by atoms with E-state index in [9.17, 15) is 57.8 Å². The van der Waals surface area contributed by atoms with Gasteiger partial charge in [-0.25, -0.2) is 0 Å². The molecule has 0 heterocycles. The van der Waals surface area contributed by atoms with Crippen LogP contribution in [0.15, 0.2) is 22.1 Å². The molecule has 0 fully saturated rings. The van der Waals surface area contributed by atoms with Gasteiger partial charge < -0.3 is 81.8 Å². The number of rotatable bonds is 34. The van der Waals surface area contributed by atoms with Crippen LogP contribution >= 0.6 is 0 Å². The fraction of sp³-hybridized carbons (Fsp3) is 0.568. The number of aliphatic carboxylic acids is 2. The van der Waals surface area contributed by atoms with Crippen LogP contribution in [0.3, 0.4) is 0 Å². The molecule has 6 atom stereocenters. The van der Waals surface area contributed by atoms with E-state index in [1.807, 2.05) is 32.9 Å². The Balaban J connectivity index is 3.69. The number of guanidine groups is 2. The van der Waals surface area contributed by atoms with E-state index in [0.717, 1.165) is 29.2 Å². The molecule has 6 unspecified atom stereocenters. The highest BCUT2D eigenvalue weighted by atomic mass is 16.4. The van der Waals surface area contributed by atoms with E-state index in [-0.39, 0.29) is 70.0 Å². The number of nitrogens with one attached hydrogen (secondary N) is 7. The molecule has 21 N–H and O–H groups in total. The van der Waals surface area contributed by atoms with Crippen LogP contribution in [-0.2, 0) is 59.2 Å². The molecule has 1 aromatic carbocycles. The predicted molar refractivity (Wildman–Crippen MR) is 260 cm³/mol. The maximum atomic E-state index is 14.4. The summed E-state index contributed by atoms with van der Waals surface area (Å²) in [5, 5.41) is 35.3. The smallest absolute Gasteiger partial charge is 0.322 e. The number of nitrogens with zero attached hydrogens (tertiary/aromatic N) is 2. The first-order valence-electron chi connectivity index (χ1n) is 22.9. The first kappa shape index (κ1) is 61.9. The number of carboxylic acids is 2. The van der Waals surface area contributed by atoms with Gasteiger partial charge in [-0.1, -0.05) is 17.7 Å². The molecule has 72 heavy (non-hydrogen) atoms. The Kier molecular flexibility index (Phi) is 27.5. The second-order valence-electron chi connectivity index (χ2n) is 16.9. The summed E-state index contributed by atoms with van der Waals surface area (Å²) in [5.41, 5.74) is 36.1. The number of primary amides is 2. The van der Waals surface area contributed by atoms with Crippen LogP contribution in [0.1, 0.15) is 99.8 Å². The number of hydrogen-bond donors (Lipinski definition) is 15. The van der Waals surface area contributed by atoms with Crippen molar-refractivity contribution in [3.8, 4) is 0 Å². The number of nitrogens with two attached hydrogens (primary N) is 6. The molecule has 0 aliphatic carbocycles. The highest BCUT2D eigenvalue weighted by Crippen LogP contribution is 2.19.